The van der Waals surface area contributed by atoms with Crippen LogP contribution in [0, 0.1) is 5.41 Å². The SMILES string of the molecule is CC(N(C)c1cc(Cl)ncn1)C(C)(C)C. The summed E-state index contributed by atoms with van der Waals surface area (Å²) in [5, 5.41) is 0.480. The van der Waals surface area contributed by atoms with Gasteiger partial charge < -0.3 is 4.90 Å². The third kappa shape index (κ3) is 3.06. The minimum Gasteiger partial charge on any atom is -0.356 e. The van der Waals surface area contributed by atoms with Gasteiger partial charge in [-0.1, -0.05) is 32.4 Å². The highest BCUT2D eigenvalue weighted by atomic mass is 35.5. The van der Waals surface area contributed by atoms with Gasteiger partial charge in [-0.2, -0.15) is 0 Å². The maximum Gasteiger partial charge on any atom is 0.134 e. The Morgan fingerprint density at radius 3 is 2.40 bits per heavy atom. The average Bonchev–Trinajstić information content (AvgIpc) is 2.14. The molecule has 0 saturated heterocycles. The van der Waals surface area contributed by atoms with E-state index in [1.54, 1.807) is 6.07 Å². The Bertz CT molecular complexity index is 333. The first kappa shape index (κ1) is 12.2. The molecule has 1 aromatic heterocycles. The van der Waals surface area contributed by atoms with Crippen molar-refractivity contribution in [2.75, 3.05) is 11.9 Å². The second-order valence-corrected chi connectivity index (χ2v) is 5.24. The van der Waals surface area contributed by atoms with Crippen LogP contribution in [0.25, 0.3) is 0 Å². The maximum atomic E-state index is 5.83. The number of hydrogen-bond donors (Lipinski definition) is 0. The lowest BCUT2D eigenvalue weighted by Crippen LogP contribution is -2.39. The van der Waals surface area contributed by atoms with Crippen LogP contribution in [0.1, 0.15) is 27.7 Å². The fraction of sp³-hybridized carbons (Fsp3) is 0.636. The van der Waals surface area contributed by atoms with Gasteiger partial charge in [-0.3, -0.25) is 0 Å². The van der Waals surface area contributed by atoms with Gasteiger partial charge in [0.25, 0.3) is 0 Å². The van der Waals surface area contributed by atoms with E-state index in [-0.39, 0.29) is 5.41 Å². The van der Waals surface area contributed by atoms with Crippen LogP contribution in [0.3, 0.4) is 0 Å². The number of halogens is 1. The van der Waals surface area contributed by atoms with Crippen LogP contribution in [0.15, 0.2) is 12.4 Å². The van der Waals surface area contributed by atoms with Gasteiger partial charge in [0.15, 0.2) is 0 Å². The highest BCUT2D eigenvalue weighted by Gasteiger charge is 2.24. The quantitative estimate of drug-likeness (QED) is 0.728. The molecule has 0 spiro atoms. The molecule has 0 saturated carbocycles. The van der Waals surface area contributed by atoms with E-state index in [1.165, 1.54) is 6.33 Å². The molecule has 0 aliphatic rings. The van der Waals surface area contributed by atoms with Crippen molar-refractivity contribution in [2.45, 2.75) is 33.7 Å². The summed E-state index contributed by atoms with van der Waals surface area (Å²) in [5.74, 6) is 0.859. The molecule has 4 heteroatoms. The van der Waals surface area contributed by atoms with E-state index in [2.05, 4.69) is 42.6 Å². The Balaban J connectivity index is 2.90. The summed E-state index contributed by atoms with van der Waals surface area (Å²) in [4.78, 5) is 10.2. The summed E-state index contributed by atoms with van der Waals surface area (Å²) >= 11 is 5.83. The molecule has 1 heterocycles. The van der Waals surface area contributed by atoms with E-state index >= 15 is 0 Å². The lowest BCUT2D eigenvalue weighted by Gasteiger charge is -2.36. The molecule has 0 aromatic carbocycles. The van der Waals surface area contributed by atoms with Crippen molar-refractivity contribution >= 4 is 17.4 Å². The molecular weight excluding hydrogens is 210 g/mol. The minimum atomic E-state index is 0.201. The van der Waals surface area contributed by atoms with Crippen LogP contribution in [0.4, 0.5) is 5.82 Å². The summed E-state index contributed by atoms with van der Waals surface area (Å²) in [6, 6.07) is 2.16. The first-order valence-corrected chi connectivity index (χ1v) is 5.40. The highest BCUT2D eigenvalue weighted by Crippen LogP contribution is 2.26. The van der Waals surface area contributed by atoms with E-state index in [0.29, 0.717) is 11.2 Å². The van der Waals surface area contributed by atoms with Crippen LogP contribution in [0.5, 0.6) is 0 Å². The smallest absolute Gasteiger partial charge is 0.134 e. The largest absolute Gasteiger partial charge is 0.356 e. The number of aromatic nitrogens is 2. The van der Waals surface area contributed by atoms with Crippen molar-refractivity contribution in [1.82, 2.24) is 9.97 Å². The van der Waals surface area contributed by atoms with E-state index in [4.69, 9.17) is 11.6 Å². The number of nitrogens with zero attached hydrogens (tertiary/aromatic N) is 3. The molecule has 1 unspecified atom stereocenters. The molecule has 1 atom stereocenters. The van der Waals surface area contributed by atoms with Crippen LogP contribution < -0.4 is 4.90 Å². The predicted octanol–water partition coefficient (Wildman–Crippen LogP) is 3.00. The molecule has 0 aliphatic heterocycles. The Labute approximate surface area is 96.5 Å². The van der Waals surface area contributed by atoms with Crippen molar-refractivity contribution in [3.05, 3.63) is 17.5 Å². The molecule has 1 aromatic rings. The summed E-state index contributed by atoms with van der Waals surface area (Å²) in [6.07, 6.45) is 1.49. The third-order valence-electron chi connectivity index (χ3n) is 2.81. The van der Waals surface area contributed by atoms with Gasteiger partial charge in [-0.05, 0) is 12.3 Å². The van der Waals surface area contributed by atoms with Crippen LogP contribution in [0.2, 0.25) is 5.15 Å². The van der Waals surface area contributed by atoms with Gasteiger partial charge >= 0.3 is 0 Å². The zero-order valence-electron chi connectivity index (χ0n) is 9.95. The fourth-order valence-electron chi connectivity index (χ4n) is 1.30. The second-order valence-electron chi connectivity index (χ2n) is 4.85. The number of rotatable bonds is 2. The summed E-state index contributed by atoms with van der Waals surface area (Å²) in [6.45, 7) is 8.79. The van der Waals surface area contributed by atoms with Crippen molar-refractivity contribution < 1.29 is 0 Å². The Morgan fingerprint density at radius 1 is 1.33 bits per heavy atom. The van der Waals surface area contributed by atoms with Gasteiger partial charge in [-0.25, -0.2) is 9.97 Å². The molecule has 1 rings (SSSR count). The van der Waals surface area contributed by atoms with E-state index in [1.807, 2.05) is 7.05 Å². The standard InChI is InChI=1S/C11H18ClN3/c1-8(11(2,3)4)15(5)10-6-9(12)13-7-14-10/h6-8H,1-5H3. The van der Waals surface area contributed by atoms with Crippen LogP contribution in [-0.4, -0.2) is 23.1 Å². The highest BCUT2D eigenvalue weighted by molar-refractivity contribution is 6.29. The van der Waals surface area contributed by atoms with E-state index in [0.717, 1.165) is 5.82 Å². The van der Waals surface area contributed by atoms with Gasteiger partial charge in [-0.15, -0.1) is 0 Å². The average molecular weight is 228 g/mol. The summed E-state index contributed by atoms with van der Waals surface area (Å²) in [7, 11) is 2.02. The fourth-order valence-corrected chi connectivity index (χ4v) is 1.44. The van der Waals surface area contributed by atoms with Crippen molar-refractivity contribution in [2.24, 2.45) is 5.41 Å². The molecule has 84 valence electrons. The third-order valence-corrected chi connectivity index (χ3v) is 3.02. The van der Waals surface area contributed by atoms with E-state index < -0.39 is 0 Å². The predicted molar refractivity (Wildman–Crippen MR) is 64.4 cm³/mol. The zero-order chi connectivity index (χ0) is 11.6. The van der Waals surface area contributed by atoms with Gasteiger partial charge in [0, 0.05) is 19.2 Å². The molecule has 3 nitrogen and oxygen atoms in total. The van der Waals surface area contributed by atoms with E-state index in [9.17, 15) is 0 Å². The van der Waals surface area contributed by atoms with Crippen molar-refractivity contribution in [1.29, 1.82) is 0 Å². The Hall–Kier alpha value is -0.830. The van der Waals surface area contributed by atoms with Crippen molar-refractivity contribution in [3.8, 4) is 0 Å². The zero-order valence-corrected chi connectivity index (χ0v) is 10.7. The minimum absolute atomic E-state index is 0.201. The molecule has 0 aliphatic carbocycles. The topological polar surface area (TPSA) is 29.0 Å². The molecule has 0 N–H and O–H groups in total. The van der Waals surface area contributed by atoms with Crippen LogP contribution >= 0.6 is 11.6 Å². The Morgan fingerprint density at radius 2 is 1.93 bits per heavy atom. The first-order valence-electron chi connectivity index (χ1n) is 5.02. The second kappa shape index (κ2) is 4.35. The number of anilines is 1. The lowest BCUT2D eigenvalue weighted by molar-refractivity contribution is 0.328. The Kier molecular flexibility index (Phi) is 3.55. The molecule has 0 amide bonds. The number of hydrogen-bond acceptors (Lipinski definition) is 3. The summed E-state index contributed by atoms with van der Waals surface area (Å²) in [5.41, 5.74) is 0.201. The summed E-state index contributed by atoms with van der Waals surface area (Å²) < 4.78 is 0. The van der Waals surface area contributed by atoms with Gasteiger partial charge in [0.2, 0.25) is 0 Å². The van der Waals surface area contributed by atoms with Crippen molar-refractivity contribution in [3.63, 3.8) is 0 Å². The lowest BCUT2D eigenvalue weighted by atomic mass is 9.87. The molecule has 15 heavy (non-hydrogen) atoms. The molecule has 0 radical (unpaired) electrons. The molecular formula is C11H18ClN3. The molecule has 0 bridgehead atoms. The monoisotopic (exact) mass is 227 g/mol. The van der Waals surface area contributed by atoms with Gasteiger partial charge in [0.05, 0.1) is 0 Å². The van der Waals surface area contributed by atoms with Gasteiger partial charge in [0.1, 0.15) is 17.3 Å². The maximum absolute atomic E-state index is 5.83. The molecule has 0 fully saturated rings. The van der Waals surface area contributed by atoms with Crippen LogP contribution in [-0.2, 0) is 0 Å². The first-order chi connectivity index (χ1) is 6.82. The normalized spacial score (nSPS) is 13.7.